The number of alkyl halides is 3. The summed E-state index contributed by atoms with van der Waals surface area (Å²) in [6, 6.07) is 3.37. The quantitative estimate of drug-likeness (QED) is 0.0512. The zero-order chi connectivity index (χ0) is 72.7. The van der Waals surface area contributed by atoms with Gasteiger partial charge in [-0.15, -0.1) is 0 Å². The van der Waals surface area contributed by atoms with Crippen molar-refractivity contribution in [2.75, 3.05) is 26.3 Å². The molecule has 0 radical (unpaired) electrons. The Morgan fingerprint density at radius 3 is 1.41 bits per heavy atom. The summed E-state index contributed by atoms with van der Waals surface area (Å²) >= 11 is 11.8. The second-order valence-electron chi connectivity index (χ2n) is 28.3. The van der Waals surface area contributed by atoms with Crippen LogP contribution in [0.25, 0.3) is 0 Å². The Hall–Kier alpha value is -7.06. The molecule has 8 atom stereocenters. The van der Waals surface area contributed by atoms with E-state index in [1.165, 1.54) is 40.8 Å². The number of ether oxygens (including phenoxy) is 6. The summed E-state index contributed by atoms with van der Waals surface area (Å²) in [5.74, 6) is -6.56. The Kier molecular flexibility index (Phi) is 32.6. The molecule has 6 rings (SSSR count). The van der Waals surface area contributed by atoms with Crippen LogP contribution in [0.1, 0.15) is 173 Å². The number of amides is 3. The number of rotatable bonds is 21. The van der Waals surface area contributed by atoms with E-state index in [9.17, 15) is 56.6 Å². The van der Waals surface area contributed by atoms with Crippen LogP contribution in [0.3, 0.4) is 0 Å². The SMILES string of the molecule is C=CCOC(=O)[C@@H]1C[C@@H](Oc2ccc(Cl)cn2)CN1C(=O)[C@@H](CC(=O)[C@@H](NC(=O)OC(C)(C)C)C1CCCCC1)C(C)(C)C.C=CCOC(=O)[C@@H]1C[C@@H](Oc2ccc(Cl)cn2)CN1C(=O)[C@@H](N)C(C)(C)C.CC(C)(C)OC(=O)C[C@H](C(=O)O)C1CCCCC1.O=C(O)C(F)(F)F. The van der Waals surface area contributed by atoms with Gasteiger partial charge in [-0.2, -0.15) is 13.2 Å². The van der Waals surface area contributed by atoms with Gasteiger partial charge >= 0.3 is 42.1 Å². The third-order valence-corrected chi connectivity index (χ3v) is 16.4. The molecule has 4 aliphatic rings. The van der Waals surface area contributed by atoms with E-state index in [1.807, 2.05) is 41.5 Å². The number of halogens is 5. The monoisotopic (exact) mass is 1400 g/mol. The number of nitrogens with one attached hydrogen (secondary N) is 1. The minimum Gasteiger partial charge on any atom is -0.481 e. The Balaban J connectivity index is 0.000000389. The number of hydrogen-bond acceptors (Lipinski definition) is 18. The topological polar surface area (TPSA) is 320 Å². The maximum Gasteiger partial charge on any atom is 0.490 e. The fourth-order valence-electron chi connectivity index (χ4n) is 11.1. The van der Waals surface area contributed by atoms with Crippen molar-refractivity contribution in [3.63, 3.8) is 0 Å². The number of esters is 3. The zero-order valence-electron chi connectivity index (χ0n) is 57.3. The number of carboxylic acids is 2. The van der Waals surface area contributed by atoms with Crippen LogP contribution in [0, 0.1) is 34.5 Å². The average molecular weight is 1400 g/mol. The molecule has 3 amide bonds. The van der Waals surface area contributed by atoms with Gasteiger partial charge in [-0.25, -0.2) is 29.1 Å². The maximum absolute atomic E-state index is 14.3. The number of carbonyl (C=O) groups excluding carboxylic acids is 7. The first-order chi connectivity index (χ1) is 44.5. The van der Waals surface area contributed by atoms with E-state index in [2.05, 4.69) is 28.4 Å². The van der Waals surface area contributed by atoms with Crippen molar-refractivity contribution >= 4 is 76.7 Å². The van der Waals surface area contributed by atoms with Gasteiger partial charge in [0.2, 0.25) is 23.6 Å². The highest BCUT2D eigenvalue weighted by molar-refractivity contribution is 6.30. The molecule has 5 N–H and O–H groups in total. The van der Waals surface area contributed by atoms with Gasteiger partial charge in [0.05, 0.1) is 47.6 Å². The summed E-state index contributed by atoms with van der Waals surface area (Å²) < 4.78 is 64.8. The molecule has 4 heterocycles. The predicted octanol–water partition coefficient (Wildman–Crippen LogP) is 11.7. The molecule has 0 spiro atoms. The van der Waals surface area contributed by atoms with Crippen LogP contribution in [0.2, 0.25) is 10.0 Å². The largest absolute Gasteiger partial charge is 0.490 e. The minimum absolute atomic E-state index is 0.00220. The van der Waals surface area contributed by atoms with Gasteiger partial charge in [-0.05, 0) is 102 Å². The lowest BCUT2D eigenvalue weighted by atomic mass is 9.74. The standard InChI is InChI=1S/C33H48ClN3O7.C19H26ClN3O4.C14H24O4.C2HF3O2/c1-8-16-42-30(40)25-17-23(43-27-15-14-22(34)19-35-27)20-37(25)29(39)24(32(2,3)4)18-26(38)28(21-12-10-9-11-13-21)36-31(41)44-33(5,6)7;1-5-8-26-18(25)14-9-13(27-15-7-6-12(20)10-22-15)11-23(14)17(24)16(21)19(2,3)4;1-14(2,3)18-12(15)9-11(13(16)17)10-7-5-4-6-8-10;3-2(4,5)1(6)7/h8,14-15,19,21,23-25,28H,1,9-13,16-18,20H2,2-7H3,(H,36,41);5-7,10,13-14,16H,1,8-9,11,21H2,2-4H3;10-11H,4-9H2,1-3H3,(H,16,17);(H,6,7)/t23-,24-,25+,28+;13-,14+,16-;11-;/m110./s1. The van der Waals surface area contributed by atoms with Crippen LogP contribution in [0.5, 0.6) is 11.8 Å². The van der Waals surface area contributed by atoms with Crippen molar-refractivity contribution in [1.29, 1.82) is 0 Å². The lowest BCUT2D eigenvalue weighted by Crippen LogP contribution is -2.53. The molecule has 2 saturated heterocycles. The van der Waals surface area contributed by atoms with Crippen LogP contribution in [-0.2, 0) is 57.3 Å². The van der Waals surface area contributed by atoms with Gasteiger partial charge in [-0.3, -0.25) is 24.0 Å². The number of likely N-dealkylation sites (tertiary alicyclic amines) is 2. The Bertz CT molecular complexity index is 2920. The number of aromatic nitrogens is 2. The summed E-state index contributed by atoms with van der Waals surface area (Å²) in [5.41, 5.74) is 3.77. The van der Waals surface area contributed by atoms with Gasteiger partial charge in [0.15, 0.2) is 5.78 Å². The van der Waals surface area contributed by atoms with E-state index in [0.717, 1.165) is 57.8 Å². The van der Waals surface area contributed by atoms with Crippen molar-refractivity contribution in [2.45, 2.75) is 227 Å². The minimum atomic E-state index is -5.08. The molecule has 96 heavy (non-hydrogen) atoms. The number of nitrogens with zero attached hydrogens (tertiary/aromatic N) is 4. The highest BCUT2D eigenvalue weighted by Gasteiger charge is 2.49. The first kappa shape index (κ1) is 83.2. The fraction of sp³-hybridized carbons (Fsp3) is 0.662. The van der Waals surface area contributed by atoms with E-state index in [4.69, 9.17) is 67.3 Å². The normalized spacial score (nSPS) is 19.8. The highest BCUT2D eigenvalue weighted by atomic mass is 35.5. The molecule has 2 aromatic heterocycles. The van der Waals surface area contributed by atoms with Crippen LogP contribution < -0.4 is 20.5 Å². The molecule has 2 saturated carbocycles. The number of carboxylic acid groups (broad SMARTS) is 2. The average Bonchev–Trinajstić information content (AvgIpc) is 1.23. The Labute approximate surface area is 571 Å². The van der Waals surface area contributed by atoms with Gasteiger partial charge in [0, 0.05) is 49.7 Å². The third kappa shape index (κ3) is 28.9. The number of alkyl carbamates (subject to hydrolysis) is 1. The van der Waals surface area contributed by atoms with Crippen molar-refractivity contribution in [3.05, 3.63) is 72.0 Å². The molecular weight excluding hydrogens is 1300 g/mol. The second-order valence-corrected chi connectivity index (χ2v) is 29.2. The summed E-state index contributed by atoms with van der Waals surface area (Å²) in [7, 11) is 0. The summed E-state index contributed by atoms with van der Waals surface area (Å²) in [6.07, 6.45) is 9.37. The van der Waals surface area contributed by atoms with Crippen molar-refractivity contribution in [3.8, 4) is 11.8 Å². The first-order valence-corrected chi connectivity index (χ1v) is 33.0. The third-order valence-electron chi connectivity index (χ3n) is 16.0. The molecule has 2 aliphatic heterocycles. The molecular formula is C68H99Cl2F3N6O17. The highest BCUT2D eigenvalue weighted by Crippen LogP contribution is 2.38. The number of aliphatic carboxylic acids is 2. The molecule has 0 bridgehead atoms. The first-order valence-electron chi connectivity index (χ1n) is 32.2. The number of hydrogen-bond donors (Lipinski definition) is 4. The molecule has 28 heteroatoms. The predicted molar refractivity (Wildman–Crippen MR) is 351 cm³/mol. The summed E-state index contributed by atoms with van der Waals surface area (Å²) in [5, 5.41) is 20.2. The molecule has 538 valence electrons. The van der Waals surface area contributed by atoms with Gasteiger partial charge in [-0.1, -0.05) is 129 Å². The van der Waals surface area contributed by atoms with Crippen LogP contribution in [0.4, 0.5) is 18.0 Å². The van der Waals surface area contributed by atoms with Gasteiger partial charge < -0.3 is 59.5 Å². The number of pyridine rings is 2. The second kappa shape index (κ2) is 37.6. The number of nitrogens with two attached hydrogens (primary N) is 1. The zero-order valence-corrected chi connectivity index (χ0v) is 58.8. The van der Waals surface area contributed by atoms with E-state index in [-0.39, 0.29) is 75.0 Å². The molecule has 0 unspecified atom stereocenters. The Morgan fingerprint density at radius 1 is 0.635 bits per heavy atom. The smallest absolute Gasteiger partial charge is 0.481 e. The fourth-order valence-corrected chi connectivity index (χ4v) is 11.4. The van der Waals surface area contributed by atoms with Crippen molar-refractivity contribution < 1.29 is 95.0 Å². The number of Topliss-reactive ketones (excluding diaryl/α,β-unsaturated/α-hetero) is 1. The van der Waals surface area contributed by atoms with Crippen LogP contribution >= 0.6 is 23.2 Å². The number of ketones is 1. The molecule has 23 nitrogen and oxygen atoms in total. The lowest BCUT2D eigenvalue weighted by Gasteiger charge is -2.36. The van der Waals surface area contributed by atoms with E-state index in [1.54, 1.807) is 65.8 Å². The summed E-state index contributed by atoms with van der Waals surface area (Å²) in [4.78, 5) is 123. The maximum atomic E-state index is 14.3. The molecule has 2 aliphatic carbocycles. The summed E-state index contributed by atoms with van der Waals surface area (Å²) in [6.45, 7) is 29.5. The van der Waals surface area contributed by atoms with Crippen molar-refractivity contribution in [1.82, 2.24) is 25.1 Å². The van der Waals surface area contributed by atoms with Gasteiger partial charge in [0.1, 0.15) is 48.7 Å². The molecule has 2 aromatic rings. The molecule has 4 fully saturated rings. The van der Waals surface area contributed by atoms with Gasteiger partial charge in [0.25, 0.3) is 0 Å². The van der Waals surface area contributed by atoms with Crippen LogP contribution in [0.15, 0.2) is 62.0 Å². The van der Waals surface area contributed by atoms with E-state index in [0.29, 0.717) is 28.2 Å². The lowest BCUT2D eigenvalue weighted by molar-refractivity contribution is -0.192. The molecule has 0 aromatic carbocycles. The Morgan fingerprint density at radius 2 is 1.05 bits per heavy atom. The van der Waals surface area contributed by atoms with Crippen molar-refractivity contribution in [2.24, 2.45) is 40.2 Å². The number of carbonyl (C=O) groups is 9. The van der Waals surface area contributed by atoms with E-state index >= 15 is 0 Å². The van der Waals surface area contributed by atoms with E-state index < -0.39 is 112 Å². The van der Waals surface area contributed by atoms with Crippen LogP contribution in [-0.4, -0.2) is 164 Å².